The zero-order valence-electron chi connectivity index (χ0n) is 14.8. The summed E-state index contributed by atoms with van der Waals surface area (Å²) in [6, 6.07) is 10.9. The molecule has 0 aliphatic heterocycles. The summed E-state index contributed by atoms with van der Waals surface area (Å²) in [4.78, 5) is 12.5. The second-order valence-electron chi connectivity index (χ2n) is 5.81. The number of hydrogen-bond donors (Lipinski definition) is 1. The average molecular weight is 345 g/mol. The second-order valence-corrected chi connectivity index (χ2v) is 5.81. The molecule has 4 nitrogen and oxygen atoms in total. The summed E-state index contributed by atoms with van der Waals surface area (Å²) in [6.07, 6.45) is 2.00. The zero-order valence-corrected chi connectivity index (χ0v) is 14.8. The van der Waals surface area contributed by atoms with Crippen LogP contribution in [0.3, 0.4) is 0 Å². The summed E-state index contributed by atoms with van der Waals surface area (Å²) in [7, 11) is 1.55. The summed E-state index contributed by atoms with van der Waals surface area (Å²) >= 11 is 0. The van der Waals surface area contributed by atoms with Crippen LogP contribution in [0.2, 0.25) is 0 Å². The lowest BCUT2D eigenvalue weighted by Gasteiger charge is -2.16. The molecule has 0 bridgehead atoms. The van der Waals surface area contributed by atoms with Crippen LogP contribution in [0.5, 0.6) is 11.5 Å². The quantitative estimate of drug-likeness (QED) is 0.716. The molecule has 2 aromatic rings. The number of rotatable bonds is 8. The minimum atomic E-state index is -0.300. The maximum atomic E-state index is 13.0. The van der Waals surface area contributed by atoms with E-state index < -0.39 is 0 Å². The molecule has 2 aromatic carbocycles. The first-order chi connectivity index (χ1) is 12.0. The normalized spacial score (nSPS) is 11.7. The number of hydrogen-bond acceptors (Lipinski definition) is 3. The van der Waals surface area contributed by atoms with Crippen molar-refractivity contribution in [3.8, 4) is 11.5 Å². The Kier molecular flexibility index (Phi) is 6.81. The van der Waals surface area contributed by atoms with Crippen LogP contribution >= 0.6 is 0 Å². The largest absolute Gasteiger partial charge is 0.493 e. The Morgan fingerprint density at radius 1 is 1.16 bits per heavy atom. The van der Waals surface area contributed by atoms with E-state index >= 15 is 0 Å². The molecule has 0 saturated heterocycles. The van der Waals surface area contributed by atoms with Crippen molar-refractivity contribution in [3.63, 3.8) is 0 Å². The van der Waals surface area contributed by atoms with Gasteiger partial charge in [-0.3, -0.25) is 4.79 Å². The third-order valence-electron chi connectivity index (χ3n) is 3.90. The minimum Gasteiger partial charge on any atom is -0.493 e. The monoisotopic (exact) mass is 345 g/mol. The molecule has 0 heterocycles. The molecule has 0 unspecified atom stereocenters. The lowest BCUT2D eigenvalue weighted by atomic mass is 10.1. The molecule has 0 aliphatic rings. The second kappa shape index (κ2) is 9.06. The standard InChI is InChI=1S/C20H24FNO3/c1-4-5-12-25-18-11-8-16(13-19(18)24-3)20(23)22-14(2)15-6-9-17(21)10-7-15/h6-11,13-14H,4-5,12H2,1-3H3,(H,22,23)/t14-/m1/s1. The van der Waals surface area contributed by atoms with Crippen molar-refractivity contribution in [2.75, 3.05) is 13.7 Å². The highest BCUT2D eigenvalue weighted by Gasteiger charge is 2.14. The van der Waals surface area contributed by atoms with Crippen LogP contribution in [0.4, 0.5) is 4.39 Å². The first-order valence-corrected chi connectivity index (χ1v) is 8.42. The number of halogens is 1. The Bertz CT molecular complexity index is 701. The molecule has 0 spiro atoms. The average Bonchev–Trinajstić information content (AvgIpc) is 2.62. The first-order valence-electron chi connectivity index (χ1n) is 8.42. The van der Waals surface area contributed by atoms with Crippen molar-refractivity contribution in [3.05, 3.63) is 59.4 Å². The van der Waals surface area contributed by atoms with E-state index in [4.69, 9.17) is 9.47 Å². The Morgan fingerprint density at radius 2 is 1.88 bits per heavy atom. The number of methoxy groups -OCH3 is 1. The molecule has 0 fully saturated rings. The number of nitrogens with one attached hydrogen (secondary N) is 1. The van der Waals surface area contributed by atoms with Gasteiger partial charge in [0.15, 0.2) is 11.5 Å². The number of carbonyl (C=O) groups is 1. The molecule has 0 aromatic heterocycles. The van der Waals surface area contributed by atoms with Crippen molar-refractivity contribution in [2.24, 2.45) is 0 Å². The van der Waals surface area contributed by atoms with Gasteiger partial charge in [-0.05, 0) is 49.2 Å². The predicted molar refractivity (Wildman–Crippen MR) is 95.7 cm³/mol. The Morgan fingerprint density at radius 3 is 2.52 bits per heavy atom. The number of benzene rings is 2. The van der Waals surface area contributed by atoms with E-state index in [0.29, 0.717) is 23.7 Å². The SMILES string of the molecule is CCCCOc1ccc(C(=O)N[C@H](C)c2ccc(F)cc2)cc1OC. The minimum absolute atomic E-state index is 0.227. The summed E-state index contributed by atoms with van der Waals surface area (Å²) in [5.41, 5.74) is 1.31. The van der Waals surface area contributed by atoms with E-state index in [1.807, 2.05) is 6.92 Å². The molecule has 1 atom stereocenters. The van der Waals surface area contributed by atoms with Crippen molar-refractivity contribution < 1.29 is 18.7 Å². The van der Waals surface area contributed by atoms with Gasteiger partial charge in [-0.1, -0.05) is 25.5 Å². The van der Waals surface area contributed by atoms with Gasteiger partial charge in [0, 0.05) is 5.56 Å². The van der Waals surface area contributed by atoms with Crippen molar-refractivity contribution in [1.82, 2.24) is 5.32 Å². The van der Waals surface area contributed by atoms with E-state index in [1.54, 1.807) is 37.4 Å². The first kappa shape index (κ1) is 18.8. The van der Waals surface area contributed by atoms with Crippen molar-refractivity contribution >= 4 is 5.91 Å². The van der Waals surface area contributed by atoms with E-state index in [1.165, 1.54) is 12.1 Å². The highest BCUT2D eigenvalue weighted by atomic mass is 19.1. The molecule has 25 heavy (non-hydrogen) atoms. The number of ether oxygens (including phenoxy) is 2. The Balaban J connectivity index is 2.06. The molecule has 2 rings (SSSR count). The van der Waals surface area contributed by atoms with Gasteiger partial charge in [-0.25, -0.2) is 4.39 Å². The Labute approximate surface area is 148 Å². The van der Waals surface area contributed by atoms with Gasteiger partial charge in [-0.15, -0.1) is 0 Å². The molecule has 1 amide bonds. The summed E-state index contributed by atoms with van der Waals surface area (Å²) < 4.78 is 24.0. The molecule has 1 N–H and O–H groups in total. The fourth-order valence-electron chi connectivity index (χ4n) is 2.37. The number of amides is 1. The van der Waals surface area contributed by atoms with Crippen LogP contribution in [0, 0.1) is 5.82 Å². The Hall–Kier alpha value is -2.56. The van der Waals surface area contributed by atoms with Gasteiger partial charge < -0.3 is 14.8 Å². The third-order valence-corrected chi connectivity index (χ3v) is 3.90. The fraction of sp³-hybridized carbons (Fsp3) is 0.350. The third kappa shape index (κ3) is 5.21. The van der Waals surface area contributed by atoms with E-state index in [2.05, 4.69) is 12.2 Å². The smallest absolute Gasteiger partial charge is 0.251 e. The molecule has 134 valence electrons. The molecular formula is C20H24FNO3. The van der Waals surface area contributed by atoms with Gasteiger partial charge in [0.1, 0.15) is 5.82 Å². The van der Waals surface area contributed by atoms with E-state index in [9.17, 15) is 9.18 Å². The maximum Gasteiger partial charge on any atom is 0.251 e. The summed E-state index contributed by atoms with van der Waals surface area (Å²) in [5.74, 6) is 0.623. The van der Waals surface area contributed by atoms with Crippen molar-refractivity contribution in [2.45, 2.75) is 32.7 Å². The predicted octanol–water partition coefficient (Wildman–Crippen LogP) is 4.50. The lowest BCUT2D eigenvalue weighted by molar-refractivity contribution is 0.0939. The van der Waals surface area contributed by atoms with Crippen LogP contribution in [0.1, 0.15) is 48.7 Å². The lowest BCUT2D eigenvalue weighted by Crippen LogP contribution is -2.26. The van der Waals surface area contributed by atoms with Crippen LogP contribution in [-0.2, 0) is 0 Å². The van der Waals surface area contributed by atoms with Crippen LogP contribution in [-0.4, -0.2) is 19.6 Å². The van der Waals surface area contributed by atoms with Gasteiger partial charge >= 0.3 is 0 Å². The number of unbranched alkanes of at least 4 members (excludes halogenated alkanes) is 1. The summed E-state index contributed by atoms with van der Waals surface area (Å²) in [6.45, 7) is 4.56. The number of carbonyl (C=O) groups excluding carboxylic acids is 1. The van der Waals surface area contributed by atoms with Crippen LogP contribution in [0.15, 0.2) is 42.5 Å². The zero-order chi connectivity index (χ0) is 18.2. The van der Waals surface area contributed by atoms with Crippen molar-refractivity contribution in [1.29, 1.82) is 0 Å². The van der Waals surface area contributed by atoms with Crippen LogP contribution in [0.25, 0.3) is 0 Å². The van der Waals surface area contributed by atoms with Gasteiger partial charge in [0.05, 0.1) is 19.8 Å². The topological polar surface area (TPSA) is 47.6 Å². The molecule has 0 saturated carbocycles. The van der Waals surface area contributed by atoms with Crippen LogP contribution < -0.4 is 14.8 Å². The highest BCUT2D eigenvalue weighted by molar-refractivity contribution is 5.95. The van der Waals surface area contributed by atoms with E-state index in [-0.39, 0.29) is 17.8 Å². The van der Waals surface area contributed by atoms with Gasteiger partial charge in [0.2, 0.25) is 0 Å². The maximum absolute atomic E-state index is 13.0. The molecule has 0 aliphatic carbocycles. The van der Waals surface area contributed by atoms with Gasteiger partial charge in [0.25, 0.3) is 5.91 Å². The highest BCUT2D eigenvalue weighted by Crippen LogP contribution is 2.28. The molecule has 0 radical (unpaired) electrons. The fourth-order valence-corrected chi connectivity index (χ4v) is 2.37. The molecule has 5 heteroatoms. The van der Waals surface area contributed by atoms with E-state index in [0.717, 1.165) is 18.4 Å². The van der Waals surface area contributed by atoms with Gasteiger partial charge in [-0.2, -0.15) is 0 Å². The molecular weight excluding hydrogens is 321 g/mol. The summed E-state index contributed by atoms with van der Waals surface area (Å²) in [5, 5.41) is 2.90.